The van der Waals surface area contributed by atoms with Crippen LogP contribution in [0.5, 0.6) is 0 Å². The Kier molecular flexibility index (Phi) is 5.90. The van der Waals surface area contributed by atoms with Crippen LogP contribution in [0.3, 0.4) is 0 Å². The average molecular weight is 351 g/mol. The molecule has 0 aliphatic heterocycles. The molecule has 2 aromatic carbocycles. The van der Waals surface area contributed by atoms with Crippen molar-refractivity contribution >= 4 is 23.0 Å². The van der Waals surface area contributed by atoms with Crippen LogP contribution in [-0.2, 0) is 11.0 Å². The van der Waals surface area contributed by atoms with Crippen LogP contribution in [0.2, 0.25) is 0 Å². The molecule has 0 unspecified atom stereocenters. The first-order valence-electron chi connectivity index (χ1n) is 7.74. The SMILES string of the molecule is CN(C)c1ccc(NC(=O)CCNc2ccc(C(F)(F)F)cc2)cc1. The van der Waals surface area contributed by atoms with E-state index in [1.807, 2.05) is 43.3 Å². The minimum Gasteiger partial charge on any atom is -0.385 e. The third-order valence-electron chi connectivity index (χ3n) is 3.56. The first-order chi connectivity index (χ1) is 11.8. The third-order valence-corrected chi connectivity index (χ3v) is 3.56. The number of anilines is 3. The molecule has 0 atom stereocenters. The molecule has 0 bridgehead atoms. The molecule has 2 rings (SSSR count). The van der Waals surface area contributed by atoms with Gasteiger partial charge in [-0.05, 0) is 48.5 Å². The molecule has 4 nitrogen and oxygen atoms in total. The van der Waals surface area contributed by atoms with Gasteiger partial charge in [0.25, 0.3) is 0 Å². The minimum absolute atomic E-state index is 0.169. The molecular formula is C18H20F3N3O. The highest BCUT2D eigenvalue weighted by atomic mass is 19.4. The van der Waals surface area contributed by atoms with Crippen molar-refractivity contribution in [3.05, 3.63) is 54.1 Å². The number of nitrogens with one attached hydrogen (secondary N) is 2. The van der Waals surface area contributed by atoms with Crippen LogP contribution in [0.4, 0.5) is 30.2 Å². The quantitative estimate of drug-likeness (QED) is 0.819. The van der Waals surface area contributed by atoms with Crippen molar-refractivity contribution in [3.8, 4) is 0 Å². The maximum atomic E-state index is 12.5. The lowest BCUT2D eigenvalue weighted by molar-refractivity contribution is -0.137. The number of carbonyl (C=O) groups excluding carboxylic acids is 1. The normalized spacial score (nSPS) is 11.1. The van der Waals surface area contributed by atoms with E-state index in [1.165, 1.54) is 12.1 Å². The van der Waals surface area contributed by atoms with E-state index < -0.39 is 11.7 Å². The van der Waals surface area contributed by atoms with Gasteiger partial charge in [-0.15, -0.1) is 0 Å². The zero-order valence-electron chi connectivity index (χ0n) is 14.0. The Balaban J connectivity index is 1.78. The first kappa shape index (κ1) is 18.6. The second-order valence-electron chi connectivity index (χ2n) is 5.74. The third kappa shape index (κ3) is 5.70. The predicted octanol–water partition coefficient (Wildman–Crippen LogP) is 4.21. The van der Waals surface area contributed by atoms with Crippen LogP contribution in [0.15, 0.2) is 48.5 Å². The Morgan fingerprint density at radius 3 is 2.04 bits per heavy atom. The lowest BCUT2D eigenvalue weighted by Crippen LogP contribution is -2.16. The summed E-state index contributed by atoms with van der Waals surface area (Å²) in [6, 6.07) is 12.1. The standard InChI is InChI=1S/C18H20F3N3O/c1-24(2)16-9-7-15(8-10-16)23-17(25)11-12-22-14-5-3-13(4-6-14)18(19,20)21/h3-10,22H,11-12H2,1-2H3,(H,23,25). The average Bonchev–Trinajstić information content (AvgIpc) is 2.55. The topological polar surface area (TPSA) is 44.4 Å². The molecule has 0 radical (unpaired) electrons. The van der Waals surface area contributed by atoms with Gasteiger partial charge >= 0.3 is 6.18 Å². The minimum atomic E-state index is -4.35. The van der Waals surface area contributed by atoms with Gasteiger partial charge < -0.3 is 15.5 Å². The van der Waals surface area contributed by atoms with Gasteiger partial charge in [-0.1, -0.05) is 0 Å². The molecule has 0 spiro atoms. The zero-order valence-corrected chi connectivity index (χ0v) is 14.0. The molecule has 134 valence electrons. The Bertz CT molecular complexity index is 695. The van der Waals surface area contributed by atoms with Crippen molar-refractivity contribution in [2.75, 3.05) is 36.2 Å². The van der Waals surface area contributed by atoms with E-state index >= 15 is 0 Å². The highest BCUT2D eigenvalue weighted by Gasteiger charge is 2.29. The largest absolute Gasteiger partial charge is 0.416 e. The van der Waals surface area contributed by atoms with E-state index in [0.717, 1.165) is 17.8 Å². The van der Waals surface area contributed by atoms with Crippen molar-refractivity contribution in [3.63, 3.8) is 0 Å². The van der Waals surface area contributed by atoms with Gasteiger partial charge in [-0.2, -0.15) is 13.2 Å². The predicted molar refractivity (Wildman–Crippen MR) is 93.9 cm³/mol. The van der Waals surface area contributed by atoms with Crippen LogP contribution in [-0.4, -0.2) is 26.5 Å². The molecule has 0 saturated heterocycles. The van der Waals surface area contributed by atoms with Gasteiger partial charge in [0.15, 0.2) is 0 Å². The Morgan fingerprint density at radius 1 is 0.960 bits per heavy atom. The number of hydrogen-bond donors (Lipinski definition) is 2. The lowest BCUT2D eigenvalue weighted by Gasteiger charge is -2.13. The number of alkyl halides is 3. The molecule has 25 heavy (non-hydrogen) atoms. The van der Waals surface area contributed by atoms with E-state index in [1.54, 1.807) is 0 Å². The van der Waals surface area contributed by atoms with Crippen LogP contribution in [0.25, 0.3) is 0 Å². The molecule has 0 aliphatic rings. The van der Waals surface area contributed by atoms with Gasteiger partial charge in [0.2, 0.25) is 5.91 Å². The summed E-state index contributed by atoms with van der Waals surface area (Å²) < 4.78 is 37.4. The fourth-order valence-corrected chi connectivity index (χ4v) is 2.16. The maximum Gasteiger partial charge on any atom is 0.416 e. The molecule has 0 fully saturated rings. The summed E-state index contributed by atoms with van der Waals surface area (Å²) in [7, 11) is 3.86. The molecule has 1 amide bonds. The fraction of sp³-hybridized carbons (Fsp3) is 0.278. The van der Waals surface area contributed by atoms with Gasteiger partial charge in [0, 0.05) is 44.1 Å². The summed E-state index contributed by atoms with van der Waals surface area (Å²) in [5.41, 5.74) is 1.57. The van der Waals surface area contributed by atoms with Crippen molar-refractivity contribution in [1.82, 2.24) is 0 Å². The van der Waals surface area contributed by atoms with E-state index in [-0.39, 0.29) is 12.3 Å². The Morgan fingerprint density at radius 2 is 1.52 bits per heavy atom. The molecule has 0 saturated carbocycles. The maximum absolute atomic E-state index is 12.5. The second kappa shape index (κ2) is 7.92. The number of halogens is 3. The van der Waals surface area contributed by atoms with Crippen molar-refractivity contribution in [2.45, 2.75) is 12.6 Å². The number of benzene rings is 2. The molecule has 0 heterocycles. The molecule has 0 aliphatic carbocycles. The van der Waals surface area contributed by atoms with E-state index in [9.17, 15) is 18.0 Å². The number of hydrogen-bond acceptors (Lipinski definition) is 3. The summed E-state index contributed by atoms with van der Waals surface area (Å²) in [4.78, 5) is 13.9. The molecule has 7 heteroatoms. The smallest absolute Gasteiger partial charge is 0.385 e. The molecule has 0 aromatic heterocycles. The van der Waals surface area contributed by atoms with Gasteiger partial charge in [0.05, 0.1) is 5.56 Å². The number of nitrogens with zero attached hydrogens (tertiary/aromatic N) is 1. The van der Waals surface area contributed by atoms with Gasteiger partial charge in [-0.3, -0.25) is 4.79 Å². The number of rotatable bonds is 6. The van der Waals surface area contributed by atoms with Gasteiger partial charge in [-0.25, -0.2) is 0 Å². The summed E-state index contributed by atoms with van der Waals surface area (Å²) in [6.07, 6.45) is -4.14. The van der Waals surface area contributed by atoms with Crippen LogP contribution in [0.1, 0.15) is 12.0 Å². The summed E-state index contributed by atoms with van der Waals surface area (Å²) >= 11 is 0. The van der Waals surface area contributed by atoms with Crippen LogP contribution in [0, 0.1) is 0 Å². The second-order valence-corrected chi connectivity index (χ2v) is 5.74. The van der Waals surface area contributed by atoms with Crippen LogP contribution >= 0.6 is 0 Å². The summed E-state index contributed by atoms with van der Waals surface area (Å²) in [5.74, 6) is -0.169. The highest BCUT2D eigenvalue weighted by molar-refractivity contribution is 5.91. The molecule has 2 aromatic rings. The first-order valence-corrected chi connectivity index (χ1v) is 7.74. The lowest BCUT2D eigenvalue weighted by atomic mass is 10.2. The van der Waals surface area contributed by atoms with E-state index in [2.05, 4.69) is 10.6 Å². The Labute approximate surface area is 144 Å². The van der Waals surface area contributed by atoms with E-state index in [0.29, 0.717) is 17.9 Å². The zero-order chi connectivity index (χ0) is 18.4. The number of amides is 1. The molecule has 2 N–H and O–H groups in total. The van der Waals surface area contributed by atoms with Crippen molar-refractivity contribution < 1.29 is 18.0 Å². The van der Waals surface area contributed by atoms with E-state index in [4.69, 9.17) is 0 Å². The van der Waals surface area contributed by atoms with Crippen molar-refractivity contribution in [1.29, 1.82) is 0 Å². The summed E-state index contributed by atoms with van der Waals surface area (Å²) in [6.45, 7) is 0.326. The highest BCUT2D eigenvalue weighted by Crippen LogP contribution is 2.29. The monoisotopic (exact) mass is 351 g/mol. The van der Waals surface area contributed by atoms with Crippen molar-refractivity contribution in [2.24, 2.45) is 0 Å². The summed E-state index contributed by atoms with van der Waals surface area (Å²) in [5, 5.41) is 5.71. The van der Waals surface area contributed by atoms with Crippen LogP contribution < -0.4 is 15.5 Å². The fourth-order valence-electron chi connectivity index (χ4n) is 2.16. The van der Waals surface area contributed by atoms with Gasteiger partial charge in [0.1, 0.15) is 0 Å². The Hall–Kier alpha value is -2.70. The number of carbonyl (C=O) groups is 1. The molecular weight excluding hydrogens is 331 g/mol.